The first-order valence-electron chi connectivity index (χ1n) is 7.62. The molecule has 0 atom stereocenters. The summed E-state index contributed by atoms with van der Waals surface area (Å²) in [6, 6.07) is 0. The lowest BCUT2D eigenvalue weighted by Crippen LogP contribution is -1.89. The Labute approximate surface area is 133 Å². The summed E-state index contributed by atoms with van der Waals surface area (Å²) in [5, 5.41) is 2.12. The molecule has 20 heavy (non-hydrogen) atoms. The lowest BCUT2D eigenvalue weighted by Gasteiger charge is -2.08. The highest BCUT2D eigenvalue weighted by Crippen LogP contribution is 2.42. The van der Waals surface area contributed by atoms with Gasteiger partial charge >= 0.3 is 0 Å². The Balaban J connectivity index is 2.03. The summed E-state index contributed by atoms with van der Waals surface area (Å²) in [6.07, 6.45) is 6.26. The second-order valence-corrected chi connectivity index (χ2v) is 6.70. The van der Waals surface area contributed by atoms with Gasteiger partial charge in [0.2, 0.25) is 0 Å². The Hall–Kier alpha value is -0.460. The minimum Gasteiger partial charge on any atom is -0.0885 e. The fourth-order valence-corrected chi connectivity index (χ4v) is 4.33. The predicted octanol–water partition coefficient (Wildman–Crippen LogP) is 7.01. The van der Waals surface area contributed by atoms with Gasteiger partial charge in [-0.25, -0.2) is 0 Å². The molecule has 0 unspecified atom stereocenters. The Morgan fingerprint density at radius 2 is 1.10 bits per heavy atom. The molecule has 2 aliphatic rings. The number of rotatable bonds is 5. The highest BCUT2D eigenvalue weighted by Gasteiger charge is 2.22. The van der Waals surface area contributed by atoms with Crippen LogP contribution in [-0.2, 0) is 0 Å². The van der Waals surface area contributed by atoms with Crippen molar-refractivity contribution in [3.63, 3.8) is 0 Å². The Bertz CT molecular complexity index is 492. The van der Waals surface area contributed by atoms with E-state index in [1.807, 2.05) is 0 Å². The average Bonchev–Trinajstić information content (AvgIpc) is 2.84. The fourth-order valence-electron chi connectivity index (χ4n) is 3.45. The monoisotopic (exact) mass is 310 g/mol. The molecule has 0 saturated carbocycles. The van der Waals surface area contributed by atoms with Gasteiger partial charge in [0.1, 0.15) is 0 Å². The fraction of sp³-hybridized carbons (Fsp3) is 0.556. The molecule has 0 aromatic heterocycles. The van der Waals surface area contributed by atoms with E-state index in [4.69, 9.17) is 23.2 Å². The third-order valence-electron chi connectivity index (χ3n) is 4.79. The number of allylic oxidation sites excluding steroid dienone is 8. The molecule has 110 valence electrons. The third-order valence-corrected chi connectivity index (χ3v) is 5.52. The van der Waals surface area contributed by atoms with Crippen LogP contribution in [0.25, 0.3) is 0 Å². The molecule has 2 rings (SSSR count). The normalized spacial score (nSPS) is 20.1. The minimum absolute atomic E-state index is 0.963. The standard InChI is InChI=1S/C18H24Cl2/c1-5-15-11(3)13(9-17(15)19)7-8-14-10-18(20)16(6-2)12(14)4/h5-10H2,1-4H3. The van der Waals surface area contributed by atoms with E-state index in [-0.39, 0.29) is 0 Å². The van der Waals surface area contributed by atoms with Gasteiger partial charge in [0.25, 0.3) is 0 Å². The molecule has 0 bridgehead atoms. The summed E-state index contributed by atoms with van der Waals surface area (Å²) >= 11 is 12.7. The maximum atomic E-state index is 6.36. The van der Waals surface area contributed by atoms with Crippen molar-refractivity contribution in [2.75, 3.05) is 0 Å². The van der Waals surface area contributed by atoms with Crippen molar-refractivity contribution in [1.29, 1.82) is 0 Å². The molecule has 0 aliphatic heterocycles. The van der Waals surface area contributed by atoms with Crippen LogP contribution < -0.4 is 0 Å². The number of hydrogen-bond donors (Lipinski definition) is 0. The van der Waals surface area contributed by atoms with Gasteiger partial charge in [-0.05, 0) is 61.8 Å². The zero-order chi connectivity index (χ0) is 14.9. The van der Waals surface area contributed by atoms with E-state index in [1.54, 1.807) is 0 Å². The summed E-state index contributed by atoms with van der Waals surface area (Å²) in [6.45, 7) is 8.82. The zero-order valence-electron chi connectivity index (χ0n) is 13.0. The third kappa shape index (κ3) is 2.92. The summed E-state index contributed by atoms with van der Waals surface area (Å²) in [5.74, 6) is 0. The summed E-state index contributed by atoms with van der Waals surface area (Å²) in [7, 11) is 0. The largest absolute Gasteiger partial charge is 0.0885 e. The van der Waals surface area contributed by atoms with Gasteiger partial charge in [-0.3, -0.25) is 0 Å². The quantitative estimate of drug-likeness (QED) is 0.512. The van der Waals surface area contributed by atoms with Crippen LogP contribution >= 0.6 is 23.2 Å². The van der Waals surface area contributed by atoms with Gasteiger partial charge in [0.05, 0.1) is 0 Å². The first-order chi connectivity index (χ1) is 9.49. The van der Waals surface area contributed by atoms with Gasteiger partial charge in [-0.2, -0.15) is 0 Å². The van der Waals surface area contributed by atoms with Crippen LogP contribution in [0.15, 0.2) is 43.5 Å². The van der Waals surface area contributed by atoms with Crippen LogP contribution in [0.5, 0.6) is 0 Å². The first-order valence-corrected chi connectivity index (χ1v) is 8.38. The highest BCUT2D eigenvalue weighted by molar-refractivity contribution is 6.31. The lowest BCUT2D eigenvalue weighted by atomic mass is 9.97. The second kappa shape index (κ2) is 6.54. The van der Waals surface area contributed by atoms with E-state index < -0.39 is 0 Å². The molecule has 0 saturated heterocycles. The zero-order valence-corrected chi connectivity index (χ0v) is 14.5. The van der Waals surface area contributed by atoms with Crippen LogP contribution in [0, 0.1) is 0 Å². The van der Waals surface area contributed by atoms with Gasteiger partial charge in [0, 0.05) is 22.9 Å². The van der Waals surface area contributed by atoms with E-state index in [1.165, 1.54) is 33.4 Å². The van der Waals surface area contributed by atoms with Crippen LogP contribution in [0.1, 0.15) is 66.2 Å². The van der Waals surface area contributed by atoms with E-state index in [9.17, 15) is 0 Å². The van der Waals surface area contributed by atoms with Crippen molar-refractivity contribution in [1.82, 2.24) is 0 Å². The Kier molecular flexibility index (Phi) is 5.20. The summed E-state index contributed by atoms with van der Waals surface area (Å²) in [4.78, 5) is 0. The molecule has 0 fully saturated rings. The number of hydrogen-bond acceptors (Lipinski definition) is 0. The van der Waals surface area contributed by atoms with E-state index in [0.29, 0.717) is 0 Å². The van der Waals surface area contributed by atoms with Crippen LogP contribution in [0.4, 0.5) is 0 Å². The molecule has 0 radical (unpaired) electrons. The van der Waals surface area contributed by atoms with Crippen LogP contribution in [-0.4, -0.2) is 0 Å². The molecule has 0 amide bonds. The Morgan fingerprint density at radius 3 is 1.35 bits per heavy atom. The lowest BCUT2D eigenvalue weighted by molar-refractivity contribution is 0.868. The van der Waals surface area contributed by atoms with Crippen molar-refractivity contribution in [3.05, 3.63) is 43.5 Å². The van der Waals surface area contributed by atoms with E-state index in [0.717, 1.165) is 48.6 Å². The first kappa shape index (κ1) is 15.9. The SMILES string of the molecule is CCC1=C(Cl)CC(CCC2=C(C)C(CC)=C(Cl)C2)=C1C. The average molecular weight is 311 g/mol. The molecular weight excluding hydrogens is 287 g/mol. The van der Waals surface area contributed by atoms with Crippen molar-refractivity contribution >= 4 is 23.2 Å². The van der Waals surface area contributed by atoms with Crippen molar-refractivity contribution in [3.8, 4) is 0 Å². The maximum absolute atomic E-state index is 6.36. The predicted molar refractivity (Wildman–Crippen MR) is 90.2 cm³/mol. The molecule has 0 nitrogen and oxygen atoms in total. The topological polar surface area (TPSA) is 0 Å². The molecular formula is C18H24Cl2. The minimum atomic E-state index is 0.963. The van der Waals surface area contributed by atoms with Crippen LogP contribution in [0.3, 0.4) is 0 Å². The highest BCUT2D eigenvalue weighted by atomic mass is 35.5. The molecule has 0 aromatic carbocycles. The molecule has 0 heterocycles. The van der Waals surface area contributed by atoms with Gasteiger partial charge in [0.15, 0.2) is 0 Å². The van der Waals surface area contributed by atoms with Gasteiger partial charge in [-0.1, -0.05) is 48.2 Å². The smallest absolute Gasteiger partial charge is 0.0256 e. The van der Waals surface area contributed by atoms with Crippen molar-refractivity contribution in [2.24, 2.45) is 0 Å². The van der Waals surface area contributed by atoms with Gasteiger partial charge in [-0.15, -0.1) is 0 Å². The van der Waals surface area contributed by atoms with E-state index in [2.05, 4.69) is 27.7 Å². The second-order valence-electron chi connectivity index (χ2n) is 5.78. The Morgan fingerprint density at radius 1 is 0.750 bits per heavy atom. The van der Waals surface area contributed by atoms with Gasteiger partial charge < -0.3 is 0 Å². The summed E-state index contributed by atoms with van der Waals surface area (Å²) < 4.78 is 0. The molecule has 2 heteroatoms. The van der Waals surface area contributed by atoms with E-state index >= 15 is 0 Å². The van der Waals surface area contributed by atoms with Crippen molar-refractivity contribution in [2.45, 2.75) is 66.2 Å². The molecule has 2 aliphatic carbocycles. The van der Waals surface area contributed by atoms with Crippen molar-refractivity contribution < 1.29 is 0 Å². The molecule has 0 aromatic rings. The van der Waals surface area contributed by atoms with Crippen LogP contribution in [0.2, 0.25) is 0 Å². The summed E-state index contributed by atoms with van der Waals surface area (Å²) in [5.41, 5.74) is 8.64. The maximum Gasteiger partial charge on any atom is 0.0256 e. The molecule has 0 N–H and O–H groups in total. The molecule has 0 spiro atoms. The number of halogens is 2.